The van der Waals surface area contributed by atoms with Crippen molar-refractivity contribution in [3.05, 3.63) is 39.9 Å². The second-order valence-electron chi connectivity index (χ2n) is 2.58. The van der Waals surface area contributed by atoms with Crippen molar-refractivity contribution >= 4 is 22.0 Å². The van der Waals surface area contributed by atoms with Crippen molar-refractivity contribution in [1.29, 1.82) is 0 Å². The minimum Gasteiger partial charge on any atom is -0.203 e. The van der Waals surface area contributed by atoms with Gasteiger partial charge in [-0.2, -0.15) is 0 Å². The van der Waals surface area contributed by atoms with Gasteiger partial charge in [0.2, 0.25) is 0 Å². The van der Waals surface area contributed by atoms with Crippen molar-refractivity contribution in [2.24, 2.45) is 0 Å². The molecule has 0 N–H and O–H groups in total. The first-order valence-corrected chi connectivity index (χ1v) is 4.76. The molecule has 70 valence electrons. The molecule has 13 heavy (non-hydrogen) atoms. The molecule has 1 aromatic carbocycles. The van der Waals surface area contributed by atoms with Crippen LogP contribution in [0.3, 0.4) is 0 Å². The van der Waals surface area contributed by atoms with Gasteiger partial charge in [0.15, 0.2) is 11.6 Å². The highest BCUT2D eigenvalue weighted by atomic mass is 79.9. The van der Waals surface area contributed by atoms with Gasteiger partial charge in [0.1, 0.15) is 0 Å². The first-order valence-electron chi connectivity index (χ1n) is 3.96. The average molecular weight is 247 g/mol. The highest BCUT2D eigenvalue weighted by molar-refractivity contribution is 9.10. The van der Waals surface area contributed by atoms with Gasteiger partial charge in [0.25, 0.3) is 0 Å². The van der Waals surface area contributed by atoms with E-state index < -0.39 is 11.6 Å². The zero-order valence-corrected chi connectivity index (χ0v) is 8.74. The second-order valence-corrected chi connectivity index (χ2v) is 3.43. The van der Waals surface area contributed by atoms with Gasteiger partial charge in [-0.3, -0.25) is 0 Å². The normalized spacial score (nSPS) is 11.1. The quantitative estimate of drug-likeness (QED) is 0.688. The molecule has 0 aliphatic carbocycles. The predicted octanol–water partition coefficient (Wildman–Crippen LogP) is 4.15. The van der Waals surface area contributed by atoms with Crippen molar-refractivity contribution in [1.82, 2.24) is 0 Å². The summed E-state index contributed by atoms with van der Waals surface area (Å²) in [5.41, 5.74) is 0.280. The molecule has 0 aliphatic rings. The molecule has 0 fully saturated rings. The summed E-state index contributed by atoms with van der Waals surface area (Å²) in [5, 5.41) is 0. The number of hydrogen-bond donors (Lipinski definition) is 0. The summed E-state index contributed by atoms with van der Waals surface area (Å²) in [6, 6.07) is 3.03. The number of halogens is 3. The van der Waals surface area contributed by atoms with Gasteiger partial charge in [-0.25, -0.2) is 8.78 Å². The number of hydrogen-bond acceptors (Lipinski definition) is 0. The smallest absolute Gasteiger partial charge is 0.173 e. The Kier molecular flexibility index (Phi) is 3.60. The van der Waals surface area contributed by atoms with E-state index in [9.17, 15) is 8.78 Å². The molecule has 0 aromatic heterocycles. The van der Waals surface area contributed by atoms with Crippen LogP contribution in [-0.2, 0) is 0 Å². The lowest BCUT2D eigenvalue weighted by molar-refractivity contribution is 0.502. The summed E-state index contributed by atoms with van der Waals surface area (Å²) in [4.78, 5) is 0. The van der Waals surface area contributed by atoms with E-state index in [1.54, 1.807) is 12.2 Å². The maximum atomic E-state index is 13.1. The predicted molar refractivity (Wildman–Crippen MR) is 53.4 cm³/mol. The number of allylic oxidation sites excluding steroid dienone is 1. The molecule has 0 amide bonds. The van der Waals surface area contributed by atoms with Crippen LogP contribution in [0.25, 0.3) is 6.08 Å². The summed E-state index contributed by atoms with van der Waals surface area (Å²) in [5.74, 6) is -1.64. The third-order valence-corrected chi connectivity index (χ3v) is 2.21. The van der Waals surface area contributed by atoms with E-state index in [4.69, 9.17) is 0 Å². The van der Waals surface area contributed by atoms with Crippen molar-refractivity contribution in [3.8, 4) is 0 Å². The minimum absolute atomic E-state index is 0.152. The van der Waals surface area contributed by atoms with E-state index in [-0.39, 0.29) is 10.0 Å². The van der Waals surface area contributed by atoms with Crippen molar-refractivity contribution < 1.29 is 8.78 Å². The summed E-state index contributed by atoms with van der Waals surface area (Å²) in [6.07, 6.45) is 4.16. The fraction of sp³-hybridized carbons (Fsp3) is 0.200. The van der Waals surface area contributed by atoms with Crippen LogP contribution in [0.1, 0.15) is 18.9 Å². The fourth-order valence-corrected chi connectivity index (χ4v) is 1.22. The summed E-state index contributed by atoms with van der Waals surface area (Å²) >= 11 is 2.91. The third kappa shape index (κ3) is 2.37. The highest BCUT2D eigenvalue weighted by Crippen LogP contribution is 2.21. The van der Waals surface area contributed by atoms with Crippen LogP contribution < -0.4 is 0 Å². The van der Waals surface area contributed by atoms with Crippen LogP contribution in [0.5, 0.6) is 0 Å². The third-order valence-electron chi connectivity index (χ3n) is 1.60. The molecule has 1 aromatic rings. The van der Waals surface area contributed by atoms with E-state index in [0.29, 0.717) is 0 Å². The van der Waals surface area contributed by atoms with E-state index in [1.807, 2.05) is 6.92 Å². The molecule has 1 rings (SSSR count). The topological polar surface area (TPSA) is 0 Å². The molecule has 0 bridgehead atoms. The van der Waals surface area contributed by atoms with Crippen molar-refractivity contribution in [2.75, 3.05) is 0 Å². The maximum Gasteiger partial charge on any atom is 0.173 e. The molecule has 0 saturated carbocycles. The summed E-state index contributed by atoms with van der Waals surface area (Å²) in [6.45, 7) is 1.93. The standard InChI is InChI=1S/C10H9BrF2/c1-2-3-4-7-5-6-8(11)10(13)9(7)12/h3-6H,2H2,1H3. The van der Waals surface area contributed by atoms with E-state index in [1.165, 1.54) is 12.1 Å². The monoisotopic (exact) mass is 246 g/mol. The van der Waals surface area contributed by atoms with Gasteiger partial charge in [0.05, 0.1) is 4.47 Å². The summed E-state index contributed by atoms with van der Waals surface area (Å²) < 4.78 is 26.2. The molecule has 0 radical (unpaired) electrons. The van der Waals surface area contributed by atoms with Gasteiger partial charge in [-0.15, -0.1) is 0 Å². The van der Waals surface area contributed by atoms with Crippen molar-refractivity contribution in [3.63, 3.8) is 0 Å². The van der Waals surface area contributed by atoms with Crippen LogP contribution in [-0.4, -0.2) is 0 Å². The molecule has 0 aliphatic heterocycles. The number of benzene rings is 1. The van der Waals surface area contributed by atoms with Crippen molar-refractivity contribution in [2.45, 2.75) is 13.3 Å². The molecule has 0 unspecified atom stereocenters. The molecule has 0 nitrogen and oxygen atoms in total. The zero-order valence-electron chi connectivity index (χ0n) is 7.15. The highest BCUT2D eigenvalue weighted by Gasteiger charge is 2.08. The Balaban J connectivity index is 3.11. The Hall–Kier alpha value is -0.700. The minimum atomic E-state index is -0.835. The first kappa shape index (κ1) is 10.4. The molecule has 3 heteroatoms. The first-order chi connectivity index (χ1) is 6.16. The molecular formula is C10H9BrF2. The molecule has 0 saturated heterocycles. The van der Waals surface area contributed by atoms with Crippen LogP contribution in [0.2, 0.25) is 0 Å². The van der Waals surface area contributed by atoms with Gasteiger partial charge in [0, 0.05) is 5.56 Å². The van der Waals surface area contributed by atoms with Crippen LogP contribution in [0, 0.1) is 11.6 Å². The van der Waals surface area contributed by atoms with Gasteiger partial charge < -0.3 is 0 Å². The van der Waals surface area contributed by atoms with Crippen LogP contribution in [0.15, 0.2) is 22.7 Å². The van der Waals surface area contributed by atoms with Crippen LogP contribution in [0.4, 0.5) is 8.78 Å². The second kappa shape index (κ2) is 4.51. The molecule has 0 atom stereocenters. The van der Waals surface area contributed by atoms with E-state index in [2.05, 4.69) is 15.9 Å². The average Bonchev–Trinajstić information content (AvgIpc) is 2.13. The number of rotatable bonds is 2. The van der Waals surface area contributed by atoms with Gasteiger partial charge >= 0.3 is 0 Å². The SMILES string of the molecule is CCC=Cc1ccc(Br)c(F)c1F. The molecule has 0 heterocycles. The lowest BCUT2D eigenvalue weighted by atomic mass is 10.2. The zero-order chi connectivity index (χ0) is 9.84. The van der Waals surface area contributed by atoms with Gasteiger partial charge in [-0.05, 0) is 28.4 Å². The Bertz CT molecular complexity index is 332. The lowest BCUT2D eigenvalue weighted by Gasteiger charge is -1.99. The van der Waals surface area contributed by atoms with E-state index in [0.717, 1.165) is 6.42 Å². The molecule has 0 spiro atoms. The Morgan fingerprint density at radius 3 is 2.62 bits per heavy atom. The Morgan fingerprint density at radius 1 is 1.31 bits per heavy atom. The lowest BCUT2D eigenvalue weighted by Crippen LogP contribution is -1.89. The molecular weight excluding hydrogens is 238 g/mol. The van der Waals surface area contributed by atoms with Crippen LogP contribution >= 0.6 is 15.9 Å². The maximum absolute atomic E-state index is 13.1. The Morgan fingerprint density at radius 2 is 2.00 bits per heavy atom. The summed E-state index contributed by atoms with van der Waals surface area (Å²) in [7, 11) is 0. The van der Waals surface area contributed by atoms with E-state index >= 15 is 0 Å². The fourth-order valence-electron chi connectivity index (χ4n) is 0.914. The largest absolute Gasteiger partial charge is 0.203 e. The van der Waals surface area contributed by atoms with Gasteiger partial charge in [-0.1, -0.05) is 25.1 Å². The Labute approximate surface area is 84.4 Å².